The number of aryl methyl sites for hydroxylation is 2. The van der Waals surface area contributed by atoms with Gasteiger partial charge in [0.2, 0.25) is 5.95 Å². The van der Waals surface area contributed by atoms with Gasteiger partial charge in [-0.05, 0) is 74.4 Å². The number of esters is 1. The van der Waals surface area contributed by atoms with Crippen molar-refractivity contribution in [2.24, 2.45) is 0 Å². The molecule has 0 saturated heterocycles. The first-order chi connectivity index (χ1) is 14.0. The lowest BCUT2D eigenvalue weighted by atomic mass is 10.1. The monoisotopic (exact) mass is 404 g/mol. The topological polar surface area (TPSA) is 87.9 Å². The zero-order chi connectivity index (χ0) is 20.8. The fraction of sp³-hybridized carbons (Fsp3) is 0.182. The van der Waals surface area contributed by atoms with Gasteiger partial charge in [-0.1, -0.05) is 11.8 Å². The largest absolute Gasteiger partial charge is 0.462 e. The SMILES string of the molecule is CCOC(=O)c1cc(C)c(Sc2ccnc(Nc3ccc(C#N)cc3)n2)c(C)c1. The highest BCUT2D eigenvalue weighted by molar-refractivity contribution is 7.99. The molecule has 3 rings (SSSR count). The summed E-state index contributed by atoms with van der Waals surface area (Å²) in [6, 6.07) is 14.7. The molecule has 0 bridgehead atoms. The average molecular weight is 404 g/mol. The number of nitriles is 1. The van der Waals surface area contributed by atoms with Crippen molar-refractivity contribution < 1.29 is 9.53 Å². The predicted molar refractivity (Wildman–Crippen MR) is 112 cm³/mol. The average Bonchev–Trinajstić information content (AvgIpc) is 2.71. The summed E-state index contributed by atoms with van der Waals surface area (Å²) >= 11 is 1.52. The van der Waals surface area contributed by atoms with Crippen LogP contribution in [0.1, 0.15) is 34.0 Å². The summed E-state index contributed by atoms with van der Waals surface area (Å²) in [5, 5.41) is 12.8. The summed E-state index contributed by atoms with van der Waals surface area (Å²) in [5.74, 6) is 0.157. The number of rotatable bonds is 6. The molecule has 0 saturated carbocycles. The minimum Gasteiger partial charge on any atom is -0.462 e. The van der Waals surface area contributed by atoms with Gasteiger partial charge in [-0.15, -0.1) is 0 Å². The van der Waals surface area contributed by atoms with Crippen LogP contribution in [0.3, 0.4) is 0 Å². The quantitative estimate of drug-likeness (QED) is 0.455. The van der Waals surface area contributed by atoms with E-state index in [9.17, 15) is 4.79 Å². The van der Waals surface area contributed by atoms with Crippen LogP contribution in [-0.4, -0.2) is 22.5 Å². The first-order valence-corrected chi connectivity index (χ1v) is 9.88. The molecular weight excluding hydrogens is 384 g/mol. The van der Waals surface area contributed by atoms with E-state index in [0.717, 1.165) is 26.7 Å². The maximum atomic E-state index is 12.0. The molecule has 1 aromatic heterocycles. The van der Waals surface area contributed by atoms with E-state index >= 15 is 0 Å². The van der Waals surface area contributed by atoms with Gasteiger partial charge in [0.15, 0.2) is 0 Å². The van der Waals surface area contributed by atoms with Crippen molar-refractivity contribution in [3.63, 3.8) is 0 Å². The molecule has 0 fully saturated rings. The molecule has 0 atom stereocenters. The number of nitrogens with zero attached hydrogens (tertiary/aromatic N) is 3. The third-order valence-corrected chi connectivity index (χ3v) is 5.36. The predicted octanol–water partition coefficient (Wildman–Crippen LogP) is 5.04. The van der Waals surface area contributed by atoms with Crippen LogP contribution in [0.25, 0.3) is 0 Å². The van der Waals surface area contributed by atoms with Crippen molar-refractivity contribution in [3.8, 4) is 6.07 Å². The number of aromatic nitrogens is 2. The molecule has 6 nitrogen and oxygen atoms in total. The molecule has 1 heterocycles. The van der Waals surface area contributed by atoms with Crippen LogP contribution in [0.5, 0.6) is 0 Å². The van der Waals surface area contributed by atoms with Crippen LogP contribution in [0.2, 0.25) is 0 Å². The van der Waals surface area contributed by atoms with Gasteiger partial charge in [0.1, 0.15) is 5.03 Å². The third-order valence-electron chi connectivity index (χ3n) is 4.08. The van der Waals surface area contributed by atoms with Crippen LogP contribution in [0.15, 0.2) is 58.6 Å². The second kappa shape index (κ2) is 9.22. The van der Waals surface area contributed by atoms with Gasteiger partial charge >= 0.3 is 5.97 Å². The van der Waals surface area contributed by atoms with Crippen molar-refractivity contribution >= 4 is 29.4 Å². The fourth-order valence-electron chi connectivity index (χ4n) is 2.76. The summed E-state index contributed by atoms with van der Waals surface area (Å²) < 4.78 is 5.09. The standard InChI is InChI=1S/C22H20N4O2S/c1-4-28-21(27)17-11-14(2)20(15(3)12-17)29-19-9-10-24-22(26-19)25-18-7-5-16(13-23)6-8-18/h5-12H,4H2,1-3H3,(H,24,25,26). The Kier molecular flexibility index (Phi) is 6.47. The van der Waals surface area contributed by atoms with Crippen LogP contribution < -0.4 is 5.32 Å². The zero-order valence-electron chi connectivity index (χ0n) is 16.4. The van der Waals surface area contributed by atoms with Gasteiger partial charge < -0.3 is 10.1 Å². The lowest BCUT2D eigenvalue weighted by molar-refractivity contribution is 0.0526. The molecule has 7 heteroatoms. The molecule has 146 valence electrons. The minimum absolute atomic E-state index is 0.314. The summed E-state index contributed by atoms with van der Waals surface area (Å²) in [6.45, 7) is 6.08. The molecule has 0 amide bonds. The van der Waals surface area contributed by atoms with E-state index in [1.807, 2.05) is 44.2 Å². The van der Waals surface area contributed by atoms with Crippen molar-refractivity contribution in [1.29, 1.82) is 5.26 Å². The summed E-state index contributed by atoms with van der Waals surface area (Å²) in [4.78, 5) is 21.9. The maximum absolute atomic E-state index is 12.0. The van der Waals surface area contributed by atoms with E-state index in [4.69, 9.17) is 10.00 Å². The molecule has 0 aliphatic rings. The van der Waals surface area contributed by atoms with Crippen molar-refractivity contribution in [2.75, 3.05) is 11.9 Å². The number of nitrogens with one attached hydrogen (secondary N) is 1. The van der Waals surface area contributed by atoms with E-state index in [0.29, 0.717) is 23.7 Å². The molecule has 0 aliphatic carbocycles. The molecule has 29 heavy (non-hydrogen) atoms. The minimum atomic E-state index is -0.314. The molecule has 0 spiro atoms. The highest BCUT2D eigenvalue weighted by Crippen LogP contribution is 2.33. The second-order valence-corrected chi connectivity index (χ2v) is 7.32. The molecule has 0 radical (unpaired) electrons. The number of benzene rings is 2. The highest BCUT2D eigenvalue weighted by atomic mass is 32.2. The van der Waals surface area contributed by atoms with Crippen molar-refractivity contribution in [2.45, 2.75) is 30.7 Å². The molecule has 1 N–H and O–H groups in total. The van der Waals surface area contributed by atoms with Gasteiger partial charge in [0.05, 0.1) is 23.8 Å². The van der Waals surface area contributed by atoms with Gasteiger partial charge in [0, 0.05) is 16.8 Å². The number of ether oxygens (including phenoxy) is 1. The second-order valence-electron chi connectivity index (χ2n) is 6.29. The van der Waals surface area contributed by atoms with E-state index in [2.05, 4.69) is 21.4 Å². The van der Waals surface area contributed by atoms with E-state index in [1.54, 1.807) is 25.3 Å². The Morgan fingerprint density at radius 3 is 2.48 bits per heavy atom. The molecule has 0 aliphatic heterocycles. The van der Waals surface area contributed by atoms with Crippen molar-refractivity contribution in [1.82, 2.24) is 9.97 Å². The van der Waals surface area contributed by atoms with E-state index < -0.39 is 0 Å². The highest BCUT2D eigenvalue weighted by Gasteiger charge is 2.13. The molecule has 0 unspecified atom stereocenters. The Bertz CT molecular complexity index is 1050. The smallest absolute Gasteiger partial charge is 0.338 e. The zero-order valence-corrected chi connectivity index (χ0v) is 17.2. The number of hydrogen-bond donors (Lipinski definition) is 1. The van der Waals surface area contributed by atoms with Crippen molar-refractivity contribution in [3.05, 3.63) is 70.9 Å². The normalized spacial score (nSPS) is 10.3. The van der Waals surface area contributed by atoms with Crippen LogP contribution in [0, 0.1) is 25.2 Å². The lowest BCUT2D eigenvalue weighted by Gasteiger charge is -2.12. The summed E-state index contributed by atoms with van der Waals surface area (Å²) in [5.41, 5.74) is 3.92. The number of anilines is 2. The van der Waals surface area contributed by atoms with Gasteiger partial charge in [-0.3, -0.25) is 0 Å². The third kappa shape index (κ3) is 5.12. The number of hydrogen-bond acceptors (Lipinski definition) is 7. The van der Waals surface area contributed by atoms with Gasteiger partial charge in [-0.25, -0.2) is 14.8 Å². The molecule has 3 aromatic rings. The Morgan fingerprint density at radius 1 is 1.17 bits per heavy atom. The van der Waals surface area contributed by atoms with Crippen LogP contribution in [0.4, 0.5) is 11.6 Å². The first kappa shape index (κ1) is 20.4. The molecule has 2 aromatic carbocycles. The fourth-order valence-corrected chi connectivity index (χ4v) is 3.67. The lowest BCUT2D eigenvalue weighted by Crippen LogP contribution is -2.06. The van der Waals surface area contributed by atoms with Crippen LogP contribution >= 0.6 is 11.8 Å². The Balaban J connectivity index is 1.79. The van der Waals surface area contributed by atoms with Gasteiger partial charge in [0.25, 0.3) is 0 Å². The van der Waals surface area contributed by atoms with E-state index in [-0.39, 0.29) is 5.97 Å². The summed E-state index contributed by atoms with van der Waals surface area (Å²) in [6.07, 6.45) is 1.69. The Morgan fingerprint density at radius 2 is 1.86 bits per heavy atom. The number of carbonyl (C=O) groups is 1. The maximum Gasteiger partial charge on any atom is 0.338 e. The Labute approximate surface area is 174 Å². The Hall–Kier alpha value is -3.37. The number of carbonyl (C=O) groups excluding carboxylic acids is 1. The molecular formula is C22H20N4O2S. The first-order valence-electron chi connectivity index (χ1n) is 9.06. The van der Waals surface area contributed by atoms with Gasteiger partial charge in [-0.2, -0.15) is 5.26 Å². The summed E-state index contributed by atoms with van der Waals surface area (Å²) in [7, 11) is 0. The van der Waals surface area contributed by atoms with E-state index in [1.165, 1.54) is 11.8 Å². The van der Waals surface area contributed by atoms with Crippen LogP contribution in [-0.2, 0) is 4.74 Å².